The zero-order valence-electron chi connectivity index (χ0n) is 9.32. The first-order valence-electron chi connectivity index (χ1n) is 6.04. The maximum absolute atomic E-state index is 11.8. The van der Waals surface area contributed by atoms with Crippen molar-refractivity contribution in [2.75, 3.05) is 0 Å². The Hall–Kier alpha value is -1.15. The van der Waals surface area contributed by atoms with Crippen LogP contribution in [0.4, 0.5) is 0 Å². The number of hydrogen-bond donors (Lipinski definition) is 0. The van der Waals surface area contributed by atoms with E-state index in [1.807, 2.05) is 18.2 Å². The summed E-state index contributed by atoms with van der Waals surface area (Å²) in [6.45, 7) is 0. The zero-order chi connectivity index (χ0) is 11.0. The van der Waals surface area contributed by atoms with Crippen molar-refractivity contribution in [1.29, 1.82) is 0 Å². The summed E-state index contributed by atoms with van der Waals surface area (Å²) in [5.74, 6) is 0.361. The van der Waals surface area contributed by atoms with E-state index in [0.29, 0.717) is 18.6 Å². The van der Waals surface area contributed by atoms with Gasteiger partial charge in [0.2, 0.25) is 0 Å². The highest BCUT2D eigenvalue weighted by atomic mass is 16.5. The summed E-state index contributed by atoms with van der Waals surface area (Å²) in [5, 5.41) is 0. The number of carbonyl (C=O) groups excluding carboxylic acids is 1. The predicted octanol–water partition coefficient (Wildman–Crippen LogP) is 2.81. The summed E-state index contributed by atoms with van der Waals surface area (Å²) in [5.41, 5.74) is 0.868. The Morgan fingerprint density at radius 3 is 2.88 bits per heavy atom. The summed E-state index contributed by atoms with van der Waals surface area (Å²) in [6, 6.07) is 10.2. The Balaban J connectivity index is 1.99. The standard InChI is InChI=1S/C14H16O2/c15-12-9-13-7-4-8-14(10-12,16-13)11-5-2-1-3-6-11/h1-3,5-6,13H,4,7-10H2/t13-,14?/m1/s1. The monoisotopic (exact) mass is 216 g/mol. The molecule has 1 unspecified atom stereocenters. The SMILES string of the molecule is O=C1C[C@H]2CCCC(c3ccccc3)(C1)O2. The van der Waals surface area contributed by atoms with E-state index in [9.17, 15) is 4.79 Å². The van der Waals surface area contributed by atoms with Crippen LogP contribution >= 0.6 is 0 Å². The second kappa shape index (κ2) is 3.70. The highest BCUT2D eigenvalue weighted by Crippen LogP contribution is 2.44. The van der Waals surface area contributed by atoms with Gasteiger partial charge in [0, 0.05) is 12.8 Å². The van der Waals surface area contributed by atoms with Gasteiger partial charge in [0.05, 0.1) is 6.10 Å². The average Bonchev–Trinajstić information content (AvgIpc) is 2.29. The lowest BCUT2D eigenvalue weighted by Crippen LogP contribution is -2.45. The van der Waals surface area contributed by atoms with Crippen molar-refractivity contribution in [2.24, 2.45) is 0 Å². The van der Waals surface area contributed by atoms with Gasteiger partial charge in [0.1, 0.15) is 11.4 Å². The molecular formula is C14H16O2. The van der Waals surface area contributed by atoms with Crippen LogP contribution in [0.2, 0.25) is 0 Å². The van der Waals surface area contributed by atoms with Crippen LogP contribution in [0.25, 0.3) is 0 Å². The highest BCUT2D eigenvalue weighted by Gasteiger charge is 2.44. The van der Waals surface area contributed by atoms with E-state index in [4.69, 9.17) is 4.74 Å². The lowest BCUT2D eigenvalue weighted by atomic mass is 9.77. The fourth-order valence-electron chi connectivity index (χ4n) is 3.03. The van der Waals surface area contributed by atoms with E-state index in [1.54, 1.807) is 0 Å². The molecule has 0 aliphatic carbocycles. The molecule has 0 saturated carbocycles. The second-order valence-corrected chi connectivity index (χ2v) is 4.91. The summed E-state index contributed by atoms with van der Waals surface area (Å²) < 4.78 is 6.15. The fourth-order valence-corrected chi connectivity index (χ4v) is 3.03. The molecule has 0 spiro atoms. The van der Waals surface area contributed by atoms with Crippen LogP contribution in [-0.4, -0.2) is 11.9 Å². The highest BCUT2D eigenvalue weighted by molar-refractivity contribution is 5.81. The first-order valence-corrected chi connectivity index (χ1v) is 6.04. The number of carbonyl (C=O) groups is 1. The van der Waals surface area contributed by atoms with Crippen LogP contribution in [-0.2, 0) is 15.1 Å². The summed E-state index contributed by atoms with van der Waals surface area (Å²) in [6.07, 6.45) is 4.55. The maximum Gasteiger partial charge on any atom is 0.138 e. The number of rotatable bonds is 1. The molecule has 3 rings (SSSR count). The number of ketones is 1. The minimum absolute atomic E-state index is 0.162. The van der Waals surface area contributed by atoms with E-state index < -0.39 is 0 Å². The molecule has 0 aromatic heterocycles. The third kappa shape index (κ3) is 1.57. The quantitative estimate of drug-likeness (QED) is 0.721. The molecule has 2 saturated heterocycles. The molecule has 2 bridgehead atoms. The molecule has 2 atom stereocenters. The molecule has 84 valence electrons. The second-order valence-electron chi connectivity index (χ2n) is 4.91. The smallest absolute Gasteiger partial charge is 0.138 e. The Labute approximate surface area is 95.6 Å². The molecule has 2 heteroatoms. The topological polar surface area (TPSA) is 26.3 Å². The number of benzene rings is 1. The van der Waals surface area contributed by atoms with Gasteiger partial charge in [-0.05, 0) is 24.8 Å². The minimum atomic E-state index is -0.306. The van der Waals surface area contributed by atoms with Crippen LogP contribution in [0.5, 0.6) is 0 Å². The van der Waals surface area contributed by atoms with Crippen molar-refractivity contribution in [3.05, 3.63) is 35.9 Å². The van der Waals surface area contributed by atoms with E-state index in [2.05, 4.69) is 12.1 Å². The molecule has 0 N–H and O–H groups in total. The van der Waals surface area contributed by atoms with Crippen molar-refractivity contribution in [3.8, 4) is 0 Å². The van der Waals surface area contributed by atoms with E-state index in [1.165, 1.54) is 12.0 Å². The number of Topliss-reactive ketones (excluding diaryl/α,β-unsaturated/α-hetero) is 1. The van der Waals surface area contributed by atoms with Crippen molar-refractivity contribution < 1.29 is 9.53 Å². The summed E-state index contributed by atoms with van der Waals surface area (Å²) >= 11 is 0. The molecule has 1 aromatic rings. The Morgan fingerprint density at radius 1 is 1.25 bits per heavy atom. The van der Waals surface area contributed by atoms with Gasteiger partial charge < -0.3 is 4.74 Å². The number of ether oxygens (including phenoxy) is 1. The van der Waals surface area contributed by atoms with Gasteiger partial charge in [-0.2, -0.15) is 0 Å². The zero-order valence-corrected chi connectivity index (χ0v) is 9.32. The van der Waals surface area contributed by atoms with Crippen molar-refractivity contribution in [3.63, 3.8) is 0 Å². The van der Waals surface area contributed by atoms with Gasteiger partial charge in [0.25, 0.3) is 0 Å². The molecule has 2 aliphatic rings. The molecule has 2 aliphatic heterocycles. The van der Waals surface area contributed by atoms with Gasteiger partial charge in [-0.25, -0.2) is 0 Å². The average molecular weight is 216 g/mol. The van der Waals surface area contributed by atoms with Gasteiger partial charge in [-0.15, -0.1) is 0 Å². The Morgan fingerprint density at radius 2 is 2.06 bits per heavy atom. The van der Waals surface area contributed by atoms with E-state index in [-0.39, 0.29) is 11.7 Å². The summed E-state index contributed by atoms with van der Waals surface area (Å²) in [4.78, 5) is 11.8. The first-order chi connectivity index (χ1) is 7.78. The lowest BCUT2D eigenvalue weighted by molar-refractivity contribution is -0.175. The largest absolute Gasteiger partial charge is 0.366 e. The van der Waals surface area contributed by atoms with Crippen molar-refractivity contribution in [2.45, 2.75) is 43.8 Å². The molecule has 0 radical (unpaired) electrons. The third-order valence-corrected chi connectivity index (χ3v) is 3.74. The van der Waals surface area contributed by atoms with Crippen molar-refractivity contribution >= 4 is 5.78 Å². The Bertz CT molecular complexity index is 398. The predicted molar refractivity (Wildman–Crippen MR) is 61.1 cm³/mol. The molecule has 1 aromatic carbocycles. The molecule has 16 heavy (non-hydrogen) atoms. The van der Waals surface area contributed by atoms with Gasteiger partial charge in [0.15, 0.2) is 0 Å². The maximum atomic E-state index is 11.8. The first kappa shape index (κ1) is 10.0. The number of hydrogen-bond acceptors (Lipinski definition) is 2. The van der Waals surface area contributed by atoms with E-state index >= 15 is 0 Å². The van der Waals surface area contributed by atoms with Crippen LogP contribution in [0.1, 0.15) is 37.7 Å². The fraction of sp³-hybridized carbons (Fsp3) is 0.500. The Kier molecular flexibility index (Phi) is 2.32. The van der Waals surface area contributed by atoms with Crippen molar-refractivity contribution in [1.82, 2.24) is 0 Å². The van der Waals surface area contributed by atoms with Gasteiger partial charge in [-0.1, -0.05) is 30.3 Å². The minimum Gasteiger partial charge on any atom is -0.366 e. The normalized spacial score (nSPS) is 33.8. The molecule has 2 heterocycles. The molecule has 0 amide bonds. The molecular weight excluding hydrogens is 200 g/mol. The summed E-state index contributed by atoms with van der Waals surface area (Å²) in [7, 11) is 0. The molecule has 2 fully saturated rings. The van der Waals surface area contributed by atoms with E-state index in [0.717, 1.165) is 12.8 Å². The van der Waals surface area contributed by atoms with Crippen LogP contribution in [0.3, 0.4) is 0 Å². The van der Waals surface area contributed by atoms with Crippen LogP contribution < -0.4 is 0 Å². The van der Waals surface area contributed by atoms with Gasteiger partial charge in [-0.3, -0.25) is 4.79 Å². The van der Waals surface area contributed by atoms with Crippen LogP contribution in [0, 0.1) is 0 Å². The third-order valence-electron chi connectivity index (χ3n) is 3.74. The molecule has 2 nitrogen and oxygen atoms in total. The lowest BCUT2D eigenvalue weighted by Gasteiger charge is -2.45. The van der Waals surface area contributed by atoms with Crippen LogP contribution in [0.15, 0.2) is 30.3 Å². The number of fused-ring (bicyclic) bond motifs is 2. The van der Waals surface area contributed by atoms with Gasteiger partial charge >= 0.3 is 0 Å².